The molecule has 15 heavy (non-hydrogen) atoms. The maximum absolute atomic E-state index is 5.57. The van der Waals surface area contributed by atoms with Gasteiger partial charge >= 0.3 is 0 Å². The van der Waals surface area contributed by atoms with Crippen molar-refractivity contribution in [2.24, 2.45) is 5.84 Å². The summed E-state index contributed by atoms with van der Waals surface area (Å²) in [5, 5.41) is 0. The monoisotopic (exact) mass is 203 g/mol. The maximum Gasteiger partial charge on any atom is 0.201 e. The minimum Gasteiger partial charge on any atom is -0.384 e. The van der Waals surface area contributed by atoms with E-state index in [0.29, 0.717) is 23.3 Å². The molecule has 76 valence electrons. The molecule has 0 fully saturated rings. The van der Waals surface area contributed by atoms with E-state index >= 15 is 0 Å². The van der Waals surface area contributed by atoms with Crippen molar-refractivity contribution in [1.82, 2.24) is 19.9 Å². The predicted octanol–water partition coefficient (Wildman–Crippen LogP) is -0.199. The van der Waals surface area contributed by atoms with Gasteiger partial charge in [-0.05, 0) is 6.07 Å². The summed E-state index contributed by atoms with van der Waals surface area (Å²) in [7, 11) is 0. The van der Waals surface area contributed by atoms with Crippen LogP contribution in [0.25, 0.3) is 11.6 Å². The van der Waals surface area contributed by atoms with E-state index in [1.165, 1.54) is 6.07 Å². The Balaban J connectivity index is 2.49. The minimum absolute atomic E-state index is 0.306. The van der Waals surface area contributed by atoms with Crippen molar-refractivity contribution in [3.8, 4) is 11.6 Å². The molecule has 0 aliphatic carbocycles. The lowest BCUT2D eigenvalue weighted by atomic mass is 10.4. The molecule has 0 saturated heterocycles. The van der Waals surface area contributed by atoms with Crippen molar-refractivity contribution in [3.63, 3.8) is 0 Å². The molecule has 7 nitrogen and oxygen atoms in total. The van der Waals surface area contributed by atoms with Crippen LogP contribution in [0.2, 0.25) is 0 Å². The highest BCUT2D eigenvalue weighted by atomic mass is 15.3. The molecule has 0 amide bonds. The van der Waals surface area contributed by atoms with Crippen LogP contribution in [0.3, 0.4) is 0 Å². The number of rotatable bonds is 2. The Morgan fingerprint density at radius 1 is 1.07 bits per heavy atom. The van der Waals surface area contributed by atoms with Gasteiger partial charge in [-0.2, -0.15) is 0 Å². The highest BCUT2D eigenvalue weighted by Crippen LogP contribution is 2.13. The SMILES string of the molecule is NNc1cc(N)nc(-c2ncccn2)n1. The van der Waals surface area contributed by atoms with Crippen LogP contribution in [0.5, 0.6) is 0 Å². The van der Waals surface area contributed by atoms with Gasteiger partial charge in [-0.3, -0.25) is 0 Å². The lowest BCUT2D eigenvalue weighted by Gasteiger charge is -2.03. The first-order chi connectivity index (χ1) is 7.29. The number of hydrazine groups is 1. The van der Waals surface area contributed by atoms with Crippen LogP contribution < -0.4 is 17.0 Å². The van der Waals surface area contributed by atoms with E-state index in [9.17, 15) is 0 Å². The average Bonchev–Trinajstić information content (AvgIpc) is 2.29. The smallest absolute Gasteiger partial charge is 0.201 e. The van der Waals surface area contributed by atoms with Crippen LogP contribution in [0.1, 0.15) is 0 Å². The first-order valence-electron chi connectivity index (χ1n) is 4.18. The van der Waals surface area contributed by atoms with Crippen molar-refractivity contribution in [3.05, 3.63) is 24.5 Å². The summed E-state index contributed by atoms with van der Waals surface area (Å²) in [6.07, 6.45) is 3.20. The number of nitrogens with zero attached hydrogens (tertiary/aromatic N) is 4. The van der Waals surface area contributed by atoms with Gasteiger partial charge in [0.25, 0.3) is 0 Å². The van der Waals surface area contributed by atoms with Crippen LogP contribution in [0.4, 0.5) is 11.6 Å². The van der Waals surface area contributed by atoms with E-state index in [-0.39, 0.29) is 0 Å². The van der Waals surface area contributed by atoms with Gasteiger partial charge < -0.3 is 11.2 Å². The summed E-state index contributed by atoms with van der Waals surface area (Å²) in [4.78, 5) is 16.1. The minimum atomic E-state index is 0.306. The van der Waals surface area contributed by atoms with Gasteiger partial charge in [-0.1, -0.05) is 0 Å². The highest BCUT2D eigenvalue weighted by molar-refractivity contribution is 5.53. The molecule has 0 bridgehead atoms. The van der Waals surface area contributed by atoms with E-state index in [1.807, 2.05) is 0 Å². The Kier molecular flexibility index (Phi) is 2.38. The van der Waals surface area contributed by atoms with E-state index in [2.05, 4.69) is 25.4 Å². The molecule has 0 atom stereocenters. The molecule has 2 heterocycles. The number of hydrogen-bond acceptors (Lipinski definition) is 7. The fourth-order valence-electron chi connectivity index (χ4n) is 1.05. The van der Waals surface area contributed by atoms with Crippen molar-refractivity contribution in [1.29, 1.82) is 0 Å². The van der Waals surface area contributed by atoms with E-state index in [4.69, 9.17) is 11.6 Å². The molecule has 2 rings (SSSR count). The predicted molar refractivity (Wildman–Crippen MR) is 55.3 cm³/mol. The van der Waals surface area contributed by atoms with Gasteiger partial charge in [0.2, 0.25) is 5.82 Å². The first kappa shape index (κ1) is 9.28. The Hall–Kier alpha value is -2.28. The van der Waals surface area contributed by atoms with E-state index in [1.54, 1.807) is 18.5 Å². The first-order valence-corrected chi connectivity index (χ1v) is 4.18. The summed E-state index contributed by atoms with van der Waals surface area (Å²) >= 11 is 0. The van der Waals surface area contributed by atoms with Gasteiger partial charge in [-0.25, -0.2) is 25.8 Å². The fraction of sp³-hybridized carbons (Fsp3) is 0. The Morgan fingerprint density at radius 2 is 1.80 bits per heavy atom. The topological polar surface area (TPSA) is 116 Å². The maximum atomic E-state index is 5.57. The molecular formula is C8H9N7. The van der Waals surface area contributed by atoms with E-state index < -0.39 is 0 Å². The Labute approximate surface area is 85.6 Å². The quantitative estimate of drug-likeness (QED) is 0.457. The summed E-state index contributed by atoms with van der Waals surface area (Å²) in [5.41, 5.74) is 7.96. The van der Waals surface area contributed by atoms with Crippen molar-refractivity contribution in [2.45, 2.75) is 0 Å². The third-order valence-electron chi connectivity index (χ3n) is 1.66. The molecular weight excluding hydrogens is 194 g/mol. The third kappa shape index (κ3) is 1.97. The lowest BCUT2D eigenvalue weighted by Crippen LogP contribution is -2.10. The molecule has 0 saturated carbocycles. The molecule has 0 aliphatic heterocycles. The molecule has 0 aliphatic rings. The number of nitrogen functional groups attached to an aromatic ring is 2. The number of anilines is 2. The Morgan fingerprint density at radius 3 is 2.47 bits per heavy atom. The second-order valence-corrected chi connectivity index (χ2v) is 2.72. The summed E-state index contributed by atoms with van der Waals surface area (Å²) < 4.78 is 0. The van der Waals surface area contributed by atoms with Crippen LogP contribution in [0, 0.1) is 0 Å². The van der Waals surface area contributed by atoms with Crippen molar-refractivity contribution in [2.75, 3.05) is 11.2 Å². The molecule has 0 aromatic carbocycles. The van der Waals surface area contributed by atoms with Crippen molar-refractivity contribution < 1.29 is 0 Å². The van der Waals surface area contributed by atoms with Crippen LogP contribution in [0.15, 0.2) is 24.5 Å². The zero-order chi connectivity index (χ0) is 10.7. The van der Waals surface area contributed by atoms with Crippen LogP contribution in [-0.4, -0.2) is 19.9 Å². The summed E-state index contributed by atoms with van der Waals surface area (Å²) in [5.74, 6) is 6.70. The number of nitrogens with two attached hydrogens (primary N) is 2. The lowest BCUT2D eigenvalue weighted by molar-refractivity contribution is 1.07. The fourth-order valence-corrected chi connectivity index (χ4v) is 1.05. The van der Waals surface area contributed by atoms with Gasteiger partial charge in [0.1, 0.15) is 11.6 Å². The second kappa shape index (κ2) is 3.84. The molecule has 2 aromatic heterocycles. The highest BCUT2D eigenvalue weighted by Gasteiger charge is 2.06. The summed E-state index contributed by atoms with van der Waals surface area (Å²) in [6.45, 7) is 0. The molecule has 0 spiro atoms. The van der Waals surface area contributed by atoms with Gasteiger partial charge in [0.05, 0.1) is 0 Å². The van der Waals surface area contributed by atoms with Crippen LogP contribution in [-0.2, 0) is 0 Å². The Bertz CT molecular complexity index is 456. The molecule has 2 aromatic rings. The second-order valence-electron chi connectivity index (χ2n) is 2.72. The number of aromatic nitrogens is 4. The van der Waals surface area contributed by atoms with E-state index in [0.717, 1.165) is 0 Å². The van der Waals surface area contributed by atoms with Gasteiger partial charge in [0, 0.05) is 18.5 Å². The molecule has 7 heteroatoms. The van der Waals surface area contributed by atoms with Crippen molar-refractivity contribution >= 4 is 11.6 Å². The molecule has 0 unspecified atom stereocenters. The van der Waals surface area contributed by atoms with Gasteiger partial charge in [0.15, 0.2) is 5.82 Å². The third-order valence-corrected chi connectivity index (χ3v) is 1.66. The van der Waals surface area contributed by atoms with Crippen LogP contribution >= 0.6 is 0 Å². The molecule has 0 radical (unpaired) electrons. The zero-order valence-electron chi connectivity index (χ0n) is 7.75. The normalized spacial score (nSPS) is 9.93. The average molecular weight is 203 g/mol. The standard InChI is InChI=1S/C8H9N7/c9-5-4-6(15-10)14-8(13-5)7-11-2-1-3-12-7/h1-4H,10H2,(H3,9,13,14,15). The largest absolute Gasteiger partial charge is 0.384 e. The van der Waals surface area contributed by atoms with Gasteiger partial charge in [-0.15, -0.1) is 0 Å². The number of hydrogen-bond donors (Lipinski definition) is 3. The summed E-state index contributed by atoms with van der Waals surface area (Å²) in [6, 6.07) is 3.23. The molecule has 5 N–H and O–H groups in total. The number of nitrogens with one attached hydrogen (secondary N) is 1. The zero-order valence-corrected chi connectivity index (χ0v) is 7.75.